The quantitative estimate of drug-likeness (QED) is 0.863. The molecule has 0 fully saturated rings. The highest BCUT2D eigenvalue weighted by Gasteiger charge is 2.06. The number of rotatable bonds is 3. The summed E-state index contributed by atoms with van der Waals surface area (Å²) >= 11 is 0. The smallest absolute Gasteiger partial charge is 0.0893 e. The molecule has 0 aromatic carbocycles. The molecule has 2 aromatic rings. The van der Waals surface area contributed by atoms with E-state index >= 15 is 0 Å². The first kappa shape index (κ1) is 12.7. The van der Waals surface area contributed by atoms with Crippen LogP contribution in [0, 0.1) is 13.8 Å². The molecule has 0 spiro atoms. The second kappa shape index (κ2) is 5.25. The summed E-state index contributed by atoms with van der Waals surface area (Å²) in [6, 6.07) is 7.31. The number of aliphatic hydroxyl groups excluding tert-OH is 2. The summed E-state index contributed by atoms with van der Waals surface area (Å²) in [5.74, 6) is 0. The molecular formula is C14H16N2O2. The molecule has 0 saturated carbocycles. The molecule has 0 aliphatic heterocycles. The Hall–Kier alpha value is -1.78. The number of nitrogens with zero attached hydrogens (tertiary/aromatic N) is 2. The summed E-state index contributed by atoms with van der Waals surface area (Å²) in [7, 11) is 0. The van der Waals surface area contributed by atoms with Gasteiger partial charge in [-0.05, 0) is 49.2 Å². The van der Waals surface area contributed by atoms with Gasteiger partial charge in [0.15, 0.2) is 0 Å². The van der Waals surface area contributed by atoms with Crippen LogP contribution < -0.4 is 0 Å². The van der Waals surface area contributed by atoms with Crippen LogP contribution in [0.2, 0.25) is 0 Å². The van der Waals surface area contributed by atoms with E-state index in [0.717, 1.165) is 33.9 Å². The SMILES string of the molecule is Cc1cc(CO)cc(-c2cc(CO)cc(C)n2)n1. The lowest BCUT2D eigenvalue weighted by Crippen LogP contribution is -1.97. The van der Waals surface area contributed by atoms with Crippen LogP contribution in [0.15, 0.2) is 24.3 Å². The first-order chi connectivity index (χ1) is 8.62. The van der Waals surface area contributed by atoms with Crippen molar-refractivity contribution in [2.24, 2.45) is 0 Å². The fourth-order valence-electron chi connectivity index (χ4n) is 1.93. The van der Waals surface area contributed by atoms with E-state index in [2.05, 4.69) is 9.97 Å². The minimum atomic E-state index is -0.0188. The van der Waals surface area contributed by atoms with Gasteiger partial charge in [0.1, 0.15) is 0 Å². The van der Waals surface area contributed by atoms with Crippen LogP contribution in [0.5, 0.6) is 0 Å². The van der Waals surface area contributed by atoms with Crippen molar-refractivity contribution in [3.63, 3.8) is 0 Å². The normalized spacial score (nSPS) is 10.7. The number of aromatic nitrogens is 2. The predicted molar refractivity (Wildman–Crippen MR) is 68.8 cm³/mol. The highest BCUT2D eigenvalue weighted by Crippen LogP contribution is 2.19. The molecule has 2 heterocycles. The van der Waals surface area contributed by atoms with Crippen molar-refractivity contribution >= 4 is 0 Å². The molecule has 0 aliphatic rings. The van der Waals surface area contributed by atoms with E-state index in [-0.39, 0.29) is 13.2 Å². The lowest BCUT2D eigenvalue weighted by Gasteiger charge is -2.07. The van der Waals surface area contributed by atoms with Crippen molar-refractivity contribution in [1.29, 1.82) is 0 Å². The second-order valence-electron chi connectivity index (χ2n) is 4.32. The number of aryl methyl sites for hydroxylation is 2. The molecule has 0 aliphatic carbocycles. The van der Waals surface area contributed by atoms with E-state index in [0.29, 0.717) is 0 Å². The van der Waals surface area contributed by atoms with E-state index in [4.69, 9.17) is 0 Å². The van der Waals surface area contributed by atoms with Crippen LogP contribution in [-0.2, 0) is 13.2 Å². The number of aliphatic hydroxyl groups is 2. The molecule has 0 radical (unpaired) electrons. The minimum absolute atomic E-state index is 0.0188. The molecule has 18 heavy (non-hydrogen) atoms. The maximum Gasteiger partial charge on any atom is 0.0893 e. The molecule has 4 nitrogen and oxygen atoms in total. The van der Waals surface area contributed by atoms with Gasteiger partial charge >= 0.3 is 0 Å². The van der Waals surface area contributed by atoms with Crippen molar-refractivity contribution in [2.75, 3.05) is 0 Å². The van der Waals surface area contributed by atoms with Crippen LogP contribution in [0.3, 0.4) is 0 Å². The zero-order valence-electron chi connectivity index (χ0n) is 10.5. The topological polar surface area (TPSA) is 66.2 Å². The van der Waals surface area contributed by atoms with Gasteiger partial charge < -0.3 is 10.2 Å². The summed E-state index contributed by atoms with van der Waals surface area (Å²) in [6.07, 6.45) is 0. The van der Waals surface area contributed by atoms with Crippen LogP contribution in [-0.4, -0.2) is 20.2 Å². The fourth-order valence-corrected chi connectivity index (χ4v) is 1.93. The third-order valence-electron chi connectivity index (χ3n) is 2.65. The molecule has 4 heteroatoms. The van der Waals surface area contributed by atoms with E-state index < -0.39 is 0 Å². The van der Waals surface area contributed by atoms with Gasteiger partial charge in [-0.15, -0.1) is 0 Å². The summed E-state index contributed by atoms with van der Waals surface area (Å²) < 4.78 is 0. The second-order valence-corrected chi connectivity index (χ2v) is 4.32. The largest absolute Gasteiger partial charge is 0.392 e. The van der Waals surface area contributed by atoms with Gasteiger partial charge in [-0.3, -0.25) is 9.97 Å². The molecule has 94 valence electrons. The van der Waals surface area contributed by atoms with Crippen molar-refractivity contribution < 1.29 is 10.2 Å². The molecular weight excluding hydrogens is 228 g/mol. The third-order valence-corrected chi connectivity index (χ3v) is 2.65. The summed E-state index contributed by atoms with van der Waals surface area (Å²) in [5, 5.41) is 18.4. The Bertz CT molecular complexity index is 516. The van der Waals surface area contributed by atoms with Crippen molar-refractivity contribution in [1.82, 2.24) is 9.97 Å². The Morgan fingerprint density at radius 3 is 1.50 bits per heavy atom. The average Bonchev–Trinajstić information content (AvgIpc) is 2.37. The van der Waals surface area contributed by atoms with Gasteiger partial charge in [-0.2, -0.15) is 0 Å². The summed E-state index contributed by atoms with van der Waals surface area (Å²) in [5.41, 5.74) is 4.74. The summed E-state index contributed by atoms with van der Waals surface area (Å²) in [6.45, 7) is 3.72. The van der Waals surface area contributed by atoms with Gasteiger partial charge in [0.05, 0.1) is 24.6 Å². The van der Waals surface area contributed by atoms with Crippen molar-refractivity contribution in [2.45, 2.75) is 27.1 Å². The van der Waals surface area contributed by atoms with Crippen molar-refractivity contribution in [3.8, 4) is 11.4 Å². The molecule has 0 bridgehead atoms. The fraction of sp³-hybridized carbons (Fsp3) is 0.286. The van der Waals surface area contributed by atoms with Crippen molar-refractivity contribution in [3.05, 3.63) is 46.8 Å². The monoisotopic (exact) mass is 244 g/mol. The predicted octanol–water partition coefficient (Wildman–Crippen LogP) is 1.75. The lowest BCUT2D eigenvalue weighted by atomic mass is 10.1. The van der Waals surface area contributed by atoms with Gasteiger partial charge in [0.25, 0.3) is 0 Å². The van der Waals surface area contributed by atoms with Gasteiger partial charge in [-0.1, -0.05) is 0 Å². The van der Waals surface area contributed by atoms with E-state index in [1.165, 1.54) is 0 Å². The molecule has 2 N–H and O–H groups in total. The Morgan fingerprint density at radius 1 is 0.778 bits per heavy atom. The number of hydrogen-bond donors (Lipinski definition) is 2. The number of hydrogen-bond acceptors (Lipinski definition) is 4. The zero-order valence-corrected chi connectivity index (χ0v) is 10.5. The Balaban J connectivity index is 2.53. The lowest BCUT2D eigenvalue weighted by molar-refractivity contribution is 0.281. The summed E-state index contributed by atoms with van der Waals surface area (Å²) in [4.78, 5) is 8.83. The molecule has 2 aromatic heterocycles. The number of pyridine rings is 2. The molecule has 0 unspecified atom stereocenters. The van der Waals surface area contributed by atoms with E-state index in [1.807, 2.05) is 38.1 Å². The molecule has 0 atom stereocenters. The first-order valence-corrected chi connectivity index (χ1v) is 5.79. The molecule has 2 rings (SSSR count). The highest BCUT2D eigenvalue weighted by atomic mass is 16.3. The van der Waals surface area contributed by atoms with Crippen LogP contribution in [0.1, 0.15) is 22.5 Å². The Kier molecular flexibility index (Phi) is 3.69. The van der Waals surface area contributed by atoms with Crippen LogP contribution in [0.4, 0.5) is 0 Å². The maximum atomic E-state index is 9.20. The third kappa shape index (κ3) is 2.72. The van der Waals surface area contributed by atoms with Gasteiger partial charge in [0.2, 0.25) is 0 Å². The Morgan fingerprint density at radius 2 is 1.17 bits per heavy atom. The Labute approximate surface area is 106 Å². The van der Waals surface area contributed by atoms with E-state index in [9.17, 15) is 10.2 Å². The zero-order chi connectivity index (χ0) is 13.1. The first-order valence-electron chi connectivity index (χ1n) is 5.79. The van der Waals surface area contributed by atoms with E-state index in [1.54, 1.807) is 0 Å². The van der Waals surface area contributed by atoms with Gasteiger partial charge in [-0.25, -0.2) is 0 Å². The molecule has 0 saturated heterocycles. The highest BCUT2D eigenvalue weighted by molar-refractivity contribution is 5.56. The standard InChI is InChI=1S/C14H16N2O2/c1-9-3-11(7-17)5-13(15-9)14-6-12(8-18)4-10(2)16-14/h3-6,17-18H,7-8H2,1-2H3. The van der Waals surface area contributed by atoms with Crippen LogP contribution in [0.25, 0.3) is 11.4 Å². The maximum absolute atomic E-state index is 9.20. The van der Waals surface area contributed by atoms with Crippen LogP contribution >= 0.6 is 0 Å². The average molecular weight is 244 g/mol. The minimum Gasteiger partial charge on any atom is -0.392 e. The van der Waals surface area contributed by atoms with Gasteiger partial charge in [0, 0.05) is 11.4 Å². The molecule has 0 amide bonds.